The van der Waals surface area contributed by atoms with Crippen LogP contribution in [0.3, 0.4) is 0 Å². The smallest absolute Gasteiger partial charge is 0.355 e. The average molecular weight is 239 g/mol. The largest absolute Gasteiger partial charge is 0.469 e. The van der Waals surface area contributed by atoms with Crippen LogP contribution in [0.1, 0.15) is 35.0 Å². The lowest BCUT2D eigenvalue weighted by Gasteiger charge is -2.04. The highest BCUT2D eigenvalue weighted by atomic mass is 16.5. The van der Waals surface area contributed by atoms with Gasteiger partial charge in [-0.25, -0.2) is 4.79 Å². The zero-order valence-electron chi connectivity index (χ0n) is 10.3. The maximum Gasteiger partial charge on any atom is 0.355 e. The van der Waals surface area contributed by atoms with Crippen LogP contribution in [0.4, 0.5) is 0 Å². The summed E-state index contributed by atoms with van der Waals surface area (Å²) in [5.74, 6) is -0.680. The minimum absolute atomic E-state index is 0.252. The molecule has 0 aliphatic rings. The fraction of sp³-hybridized carbons (Fsp3) is 0.500. The maximum atomic E-state index is 11.6. The quantitative estimate of drug-likeness (QED) is 0.792. The summed E-state index contributed by atoms with van der Waals surface area (Å²) < 4.78 is 9.50. The molecule has 1 N–H and O–H groups in total. The molecule has 17 heavy (non-hydrogen) atoms. The molecule has 0 fully saturated rings. The molecular formula is C12H17NO4. The highest BCUT2D eigenvalue weighted by Crippen LogP contribution is 2.16. The molecule has 5 heteroatoms. The van der Waals surface area contributed by atoms with Crippen molar-refractivity contribution in [3.8, 4) is 0 Å². The molecular weight excluding hydrogens is 222 g/mol. The second kappa shape index (κ2) is 6.08. The van der Waals surface area contributed by atoms with Crippen LogP contribution < -0.4 is 0 Å². The van der Waals surface area contributed by atoms with Crippen molar-refractivity contribution in [1.29, 1.82) is 0 Å². The molecule has 0 radical (unpaired) electrons. The van der Waals surface area contributed by atoms with E-state index in [0.717, 1.165) is 11.1 Å². The van der Waals surface area contributed by atoms with Crippen LogP contribution in [0.5, 0.6) is 0 Å². The Morgan fingerprint density at radius 3 is 2.71 bits per heavy atom. The highest BCUT2D eigenvalue weighted by molar-refractivity contribution is 5.89. The summed E-state index contributed by atoms with van der Waals surface area (Å²) in [7, 11) is 1.35. The van der Waals surface area contributed by atoms with Gasteiger partial charge in [0.25, 0.3) is 0 Å². The number of carbonyl (C=O) groups excluding carboxylic acids is 2. The average Bonchev–Trinajstić information content (AvgIpc) is 2.68. The first-order valence-electron chi connectivity index (χ1n) is 5.50. The molecule has 0 unspecified atom stereocenters. The summed E-state index contributed by atoms with van der Waals surface area (Å²) in [5, 5.41) is 0. The number of hydrogen-bond acceptors (Lipinski definition) is 4. The van der Waals surface area contributed by atoms with Crippen LogP contribution in [-0.2, 0) is 20.7 Å². The van der Waals surface area contributed by atoms with E-state index in [9.17, 15) is 9.59 Å². The molecule has 0 atom stereocenters. The Morgan fingerprint density at radius 1 is 1.41 bits per heavy atom. The van der Waals surface area contributed by atoms with Crippen molar-refractivity contribution in [2.45, 2.75) is 26.7 Å². The van der Waals surface area contributed by atoms with E-state index in [4.69, 9.17) is 4.74 Å². The van der Waals surface area contributed by atoms with Gasteiger partial charge in [-0.3, -0.25) is 4.79 Å². The highest BCUT2D eigenvalue weighted by Gasteiger charge is 2.17. The van der Waals surface area contributed by atoms with Crippen LogP contribution >= 0.6 is 0 Å². The number of hydrogen-bond donors (Lipinski definition) is 1. The third-order valence-corrected chi connectivity index (χ3v) is 2.50. The van der Waals surface area contributed by atoms with Crippen LogP contribution in [-0.4, -0.2) is 30.6 Å². The summed E-state index contributed by atoms with van der Waals surface area (Å²) in [4.78, 5) is 25.6. The van der Waals surface area contributed by atoms with Gasteiger partial charge >= 0.3 is 11.9 Å². The predicted octanol–water partition coefficient (Wildman–Crippen LogP) is 1.61. The zero-order valence-corrected chi connectivity index (χ0v) is 10.3. The molecule has 0 saturated heterocycles. The number of esters is 2. The molecule has 1 aromatic heterocycles. The van der Waals surface area contributed by atoms with Crippen LogP contribution in [0.25, 0.3) is 0 Å². The fourth-order valence-electron chi connectivity index (χ4n) is 1.59. The molecule has 1 rings (SSSR count). The topological polar surface area (TPSA) is 68.4 Å². The van der Waals surface area contributed by atoms with Gasteiger partial charge in [0, 0.05) is 12.6 Å². The van der Waals surface area contributed by atoms with Gasteiger partial charge in [-0.1, -0.05) is 0 Å². The molecule has 0 bridgehead atoms. The third kappa shape index (κ3) is 3.34. The number of carbonyl (C=O) groups is 2. The maximum absolute atomic E-state index is 11.6. The first kappa shape index (κ1) is 13.3. The Kier molecular flexibility index (Phi) is 4.75. The number of ether oxygens (including phenoxy) is 2. The summed E-state index contributed by atoms with van der Waals surface area (Å²) in [6.07, 6.45) is 2.45. The molecule has 0 spiro atoms. The lowest BCUT2D eigenvalue weighted by molar-refractivity contribution is -0.140. The first-order chi connectivity index (χ1) is 8.10. The third-order valence-electron chi connectivity index (χ3n) is 2.50. The molecule has 0 aromatic carbocycles. The van der Waals surface area contributed by atoms with Gasteiger partial charge < -0.3 is 14.5 Å². The van der Waals surface area contributed by atoms with E-state index in [1.54, 1.807) is 13.1 Å². The number of H-pyrrole nitrogens is 1. The molecule has 5 nitrogen and oxygen atoms in total. The number of methoxy groups -OCH3 is 1. The van der Waals surface area contributed by atoms with Gasteiger partial charge in [0.1, 0.15) is 5.69 Å². The normalized spacial score (nSPS) is 10.1. The Morgan fingerprint density at radius 2 is 2.12 bits per heavy atom. The van der Waals surface area contributed by atoms with E-state index >= 15 is 0 Å². The van der Waals surface area contributed by atoms with Crippen molar-refractivity contribution < 1.29 is 19.1 Å². The molecule has 1 heterocycles. The van der Waals surface area contributed by atoms with Gasteiger partial charge in [0.05, 0.1) is 13.7 Å². The number of nitrogens with one attached hydrogen (secondary N) is 1. The van der Waals surface area contributed by atoms with Gasteiger partial charge in [-0.15, -0.1) is 0 Å². The van der Waals surface area contributed by atoms with Crippen molar-refractivity contribution in [3.05, 3.63) is 23.0 Å². The molecule has 1 aromatic rings. The SMILES string of the molecule is CCOC(=O)c1[nH]cc(C)c1CCC(=O)OC. The van der Waals surface area contributed by atoms with Gasteiger partial charge in [0.2, 0.25) is 0 Å². The second-order valence-corrected chi connectivity index (χ2v) is 3.62. The van der Waals surface area contributed by atoms with Gasteiger partial charge in [0.15, 0.2) is 0 Å². The van der Waals surface area contributed by atoms with Crippen molar-refractivity contribution >= 4 is 11.9 Å². The van der Waals surface area contributed by atoms with E-state index in [-0.39, 0.29) is 18.4 Å². The van der Waals surface area contributed by atoms with E-state index < -0.39 is 0 Å². The van der Waals surface area contributed by atoms with Crippen LogP contribution in [0.15, 0.2) is 6.20 Å². The minimum Gasteiger partial charge on any atom is -0.469 e. The van der Waals surface area contributed by atoms with Crippen molar-refractivity contribution in [2.75, 3.05) is 13.7 Å². The van der Waals surface area contributed by atoms with Crippen molar-refractivity contribution in [2.24, 2.45) is 0 Å². The van der Waals surface area contributed by atoms with E-state index in [2.05, 4.69) is 9.72 Å². The Labute approximate surface area is 100 Å². The van der Waals surface area contributed by atoms with Crippen molar-refractivity contribution in [1.82, 2.24) is 4.98 Å². The monoisotopic (exact) mass is 239 g/mol. The Bertz CT molecular complexity index is 409. The summed E-state index contributed by atoms with van der Waals surface area (Å²) >= 11 is 0. The number of aromatic nitrogens is 1. The Balaban J connectivity index is 2.79. The van der Waals surface area contributed by atoms with E-state index in [0.29, 0.717) is 18.7 Å². The fourth-order valence-corrected chi connectivity index (χ4v) is 1.59. The molecule has 0 aliphatic carbocycles. The number of aromatic amines is 1. The molecule has 0 aliphatic heterocycles. The number of rotatable bonds is 5. The van der Waals surface area contributed by atoms with E-state index in [1.807, 2.05) is 6.92 Å². The van der Waals surface area contributed by atoms with Gasteiger partial charge in [-0.2, -0.15) is 0 Å². The zero-order chi connectivity index (χ0) is 12.8. The lowest BCUT2D eigenvalue weighted by atomic mass is 10.1. The summed E-state index contributed by atoms with van der Waals surface area (Å²) in [6.45, 7) is 3.96. The predicted molar refractivity (Wildman–Crippen MR) is 61.8 cm³/mol. The van der Waals surface area contributed by atoms with Crippen LogP contribution in [0, 0.1) is 6.92 Å². The molecule has 94 valence electrons. The Hall–Kier alpha value is -1.78. The summed E-state index contributed by atoms with van der Waals surface area (Å²) in [6, 6.07) is 0. The van der Waals surface area contributed by atoms with Crippen molar-refractivity contribution in [3.63, 3.8) is 0 Å². The molecule has 0 saturated carbocycles. The summed E-state index contributed by atoms with van der Waals surface area (Å²) in [5.41, 5.74) is 2.18. The van der Waals surface area contributed by atoms with Crippen LogP contribution in [0.2, 0.25) is 0 Å². The number of aryl methyl sites for hydroxylation is 1. The van der Waals surface area contributed by atoms with Gasteiger partial charge in [-0.05, 0) is 31.4 Å². The lowest BCUT2D eigenvalue weighted by Crippen LogP contribution is -2.10. The first-order valence-corrected chi connectivity index (χ1v) is 5.50. The minimum atomic E-state index is -0.388. The second-order valence-electron chi connectivity index (χ2n) is 3.62. The molecule has 0 amide bonds. The van der Waals surface area contributed by atoms with E-state index in [1.165, 1.54) is 7.11 Å². The standard InChI is InChI=1S/C12H17NO4/c1-4-17-12(15)11-9(8(2)7-13-11)5-6-10(14)16-3/h7,13H,4-6H2,1-3H3.